The predicted octanol–water partition coefficient (Wildman–Crippen LogP) is 3.62. The molecular formula is C19H19ClN2O3. The van der Waals surface area contributed by atoms with Crippen LogP contribution in [0.5, 0.6) is 11.5 Å². The van der Waals surface area contributed by atoms with E-state index in [-0.39, 0.29) is 17.8 Å². The summed E-state index contributed by atoms with van der Waals surface area (Å²) in [6.45, 7) is 0. The lowest BCUT2D eigenvalue weighted by Crippen LogP contribution is -2.28. The molecule has 5 nitrogen and oxygen atoms in total. The summed E-state index contributed by atoms with van der Waals surface area (Å²) in [5.74, 6) is 0.914. The number of amides is 1. The zero-order chi connectivity index (χ0) is 17.8. The summed E-state index contributed by atoms with van der Waals surface area (Å²) in [6.07, 6.45) is 0.613. The summed E-state index contributed by atoms with van der Waals surface area (Å²) in [5.41, 5.74) is 2.78. The van der Waals surface area contributed by atoms with Crippen LogP contribution in [0.1, 0.15) is 23.6 Å². The number of halogens is 1. The second kappa shape index (κ2) is 7.57. The average molecular weight is 359 g/mol. The summed E-state index contributed by atoms with van der Waals surface area (Å²) in [6, 6.07) is 15.2. The maximum atomic E-state index is 12.3. The van der Waals surface area contributed by atoms with Crippen LogP contribution in [-0.4, -0.2) is 36.7 Å². The molecule has 2 aromatic rings. The van der Waals surface area contributed by atoms with Gasteiger partial charge in [-0.3, -0.25) is 4.79 Å². The van der Waals surface area contributed by atoms with Gasteiger partial charge in [-0.25, -0.2) is 5.01 Å². The average Bonchev–Trinajstić information content (AvgIpc) is 3.13. The van der Waals surface area contributed by atoms with Gasteiger partial charge in [0.1, 0.15) is 5.88 Å². The van der Waals surface area contributed by atoms with Crippen LogP contribution in [0.15, 0.2) is 53.6 Å². The van der Waals surface area contributed by atoms with Crippen LogP contribution in [0.3, 0.4) is 0 Å². The number of alkyl halides is 1. The molecule has 130 valence electrons. The number of carbonyl (C=O) groups excluding carboxylic acids is 1. The molecule has 0 radical (unpaired) electrons. The molecule has 2 aromatic carbocycles. The summed E-state index contributed by atoms with van der Waals surface area (Å²) in [7, 11) is 3.18. The highest BCUT2D eigenvalue weighted by atomic mass is 35.5. The van der Waals surface area contributed by atoms with Crippen LogP contribution in [0, 0.1) is 0 Å². The molecule has 0 bridgehead atoms. The van der Waals surface area contributed by atoms with Crippen molar-refractivity contribution in [3.05, 3.63) is 59.7 Å². The molecule has 0 N–H and O–H groups in total. The third kappa shape index (κ3) is 3.46. The highest BCUT2D eigenvalue weighted by Crippen LogP contribution is 2.37. The minimum atomic E-state index is -0.229. The molecule has 0 aliphatic carbocycles. The molecule has 1 aliphatic rings. The van der Waals surface area contributed by atoms with E-state index in [9.17, 15) is 4.79 Å². The number of ether oxygens (including phenoxy) is 2. The number of hydrazone groups is 1. The van der Waals surface area contributed by atoms with E-state index in [4.69, 9.17) is 21.1 Å². The molecule has 1 unspecified atom stereocenters. The SMILES string of the molecule is COc1ccc(C2CC(c3ccccc3)=NN2C(=O)CCl)cc1OC. The third-order valence-corrected chi connectivity index (χ3v) is 4.41. The van der Waals surface area contributed by atoms with E-state index in [0.717, 1.165) is 16.8 Å². The van der Waals surface area contributed by atoms with Gasteiger partial charge < -0.3 is 9.47 Å². The van der Waals surface area contributed by atoms with Crippen molar-refractivity contribution >= 4 is 23.2 Å². The molecule has 0 spiro atoms. The fourth-order valence-corrected chi connectivity index (χ4v) is 3.05. The second-order valence-electron chi connectivity index (χ2n) is 5.62. The molecular weight excluding hydrogens is 340 g/mol. The zero-order valence-corrected chi connectivity index (χ0v) is 14.9. The van der Waals surface area contributed by atoms with Gasteiger partial charge in [-0.2, -0.15) is 5.10 Å². The van der Waals surface area contributed by atoms with Crippen LogP contribution in [0.25, 0.3) is 0 Å². The molecule has 0 aromatic heterocycles. The summed E-state index contributed by atoms with van der Waals surface area (Å²) < 4.78 is 10.7. The van der Waals surface area contributed by atoms with E-state index < -0.39 is 0 Å². The first kappa shape index (κ1) is 17.3. The van der Waals surface area contributed by atoms with Crippen LogP contribution in [0.2, 0.25) is 0 Å². The molecule has 1 amide bonds. The first-order valence-corrected chi connectivity index (χ1v) is 8.44. The number of nitrogens with zero attached hydrogens (tertiary/aromatic N) is 2. The first-order valence-electron chi connectivity index (χ1n) is 7.90. The number of rotatable bonds is 5. The van der Waals surface area contributed by atoms with Crippen molar-refractivity contribution in [3.8, 4) is 11.5 Å². The van der Waals surface area contributed by atoms with Crippen molar-refractivity contribution < 1.29 is 14.3 Å². The van der Waals surface area contributed by atoms with Gasteiger partial charge >= 0.3 is 0 Å². The Morgan fingerprint density at radius 3 is 2.52 bits per heavy atom. The van der Waals surface area contributed by atoms with Crippen molar-refractivity contribution in [2.75, 3.05) is 20.1 Å². The lowest BCUT2D eigenvalue weighted by molar-refractivity contribution is -0.130. The van der Waals surface area contributed by atoms with Crippen LogP contribution >= 0.6 is 11.6 Å². The van der Waals surface area contributed by atoms with E-state index in [1.54, 1.807) is 14.2 Å². The van der Waals surface area contributed by atoms with Gasteiger partial charge in [-0.15, -0.1) is 11.6 Å². The standard InChI is InChI=1S/C19H19ClN2O3/c1-24-17-9-8-14(10-18(17)25-2)16-11-15(13-6-4-3-5-7-13)21-22(16)19(23)12-20/h3-10,16H,11-12H2,1-2H3. The highest BCUT2D eigenvalue weighted by Gasteiger charge is 2.33. The lowest BCUT2D eigenvalue weighted by atomic mass is 9.98. The molecule has 0 saturated heterocycles. The first-order chi connectivity index (χ1) is 12.2. The van der Waals surface area contributed by atoms with E-state index >= 15 is 0 Å². The Hall–Kier alpha value is -2.53. The quantitative estimate of drug-likeness (QED) is 0.767. The second-order valence-corrected chi connectivity index (χ2v) is 5.89. The Labute approximate surface area is 151 Å². The molecule has 6 heteroatoms. The van der Waals surface area contributed by atoms with E-state index in [0.29, 0.717) is 17.9 Å². The van der Waals surface area contributed by atoms with Crippen molar-refractivity contribution in [2.24, 2.45) is 5.10 Å². The summed E-state index contributed by atoms with van der Waals surface area (Å²) in [4.78, 5) is 12.3. The Morgan fingerprint density at radius 2 is 1.88 bits per heavy atom. The molecule has 25 heavy (non-hydrogen) atoms. The number of benzene rings is 2. The van der Waals surface area contributed by atoms with E-state index in [1.807, 2.05) is 48.5 Å². The summed E-state index contributed by atoms with van der Waals surface area (Å²) in [5, 5.41) is 6.00. The Bertz CT molecular complexity index is 793. The molecule has 1 aliphatic heterocycles. The monoisotopic (exact) mass is 358 g/mol. The predicted molar refractivity (Wildman–Crippen MR) is 97.4 cm³/mol. The largest absolute Gasteiger partial charge is 0.493 e. The normalized spacial score (nSPS) is 16.5. The van der Waals surface area contributed by atoms with Crippen LogP contribution < -0.4 is 9.47 Å². The fraction of sp³-hybridized carbons (Fsp3) is 0.263. The Kier molecular flexibility index (Phi) is 5.24. The lowest BCUT2D eigenvalue weighted by Gasteiger charge is -2.22. The highest BCUT2D eigenvalue weighted by molar-refractivity contribution is 6.27. The van der Waals surface area contributed by atoms with Crippen molar-refractivity contribution in [1.29, 1.82) is 0 Å². The van der Waals surface area contributed by atoms with Crippen LogP contribution in [-0.2, 0) is 4.79 Å². The maximum Gasteiger partial charge on any atom is 0.258 e. The van der Waals surface area contributed by atoms with Gasteiger partial charge in [0.2, 0.25) is 0 Å². The van der Waals surface area contributed by atoms with Gasteiger partial charge in [-0.05, 0) is 23.3 Å². The number of carbonyl (C=O) groups is 1. The molecule has 3 rings (SSSR count). The van der Waals surface area contributed by atoms with E-state index in [1.165, 1.54) is 5.01 Å². The maximum absolute atomic E-state index is 12.3. The topological polar surface area (TPSA) is 51.1 Å². The van der Waals surface area contributed by atoms with Gasteiger partial charge in [0, 0.05) is 6.42 Å². The summed E-state index contributed by atoms with van der Waals surface area (Å²) >= 11 is 5.78. The van der Waals surface area contributed by atoms with Crippen LogP contribution in [0.4, 0.5) is 0 Å². The molecule has 1 heterocycles. The van der Waals surface area contributed by atoms with Gasteiger partial charge in [0.05, 0.1) is 26.0 Å². The van der Waals surface area contributed by atoms with Crippen molar-refractivity contribution in [1.82, 2.24) is 5.01 Å². The van der Waals surface area contributed by atoms with Crippen molar-refractivity contribution in [3.63, 3.8) is 0 Å². The number of methoxy groups -OCH3 is 2. The number of hydrogen-bond donors (Lipinski definition) is 0. The molecule has 1 atom stereocenters. The van der Waals surface area contributed by atoms with E-state index in [2.05, 4.69) is 5.10 Å². The fourth-order valence-electron chi connectivity index (χ4n) is 2.93. The molecule has 0 saturated carbocycles. The third-order valence-electron chi connectivity index (χ3n) is 4.18. The van der Waals surface area contributed by atoms with Gasteiger partial charge in [-0.1, -0.05) is 36.4 Å². The number of hydrogen-bond acceptors (Lipinski definition) is 4. The Morgan fingerprint density at radius 1 is 1.16 bits per heavy atom. The zero-order valence-electron chi connectivity index (χ0n) is 14.1. The minimum absolute atomic E-state index is 0.116. The van der Waals surface area contributed by atoms with Crippen molar-refractivity contribution in [2.45, 2.75) is 12.5 Å². The Balaban J connectivity index is 1.96. The van der Waals surface area contributed by atoms with Gasteiger partial charge in [0.15, 0.2) is 11.5 Å². The molecule has 0 fully saturated rings. The van der Waals surface area contributed by atoms with Gasteiger partial charge in [0.25, 0.3) is 5.91 Å². The minimum Gasteiger partial charge on any atom is -0.493 e. The smallest absolute Gasteiger partial charge is 0.258 e.